The van der Waals surface area contributed by atoms with E-state index in [1.165, 1.54) is 0 Å². The van der Waals surface area contributed by atoms with Crippen LogP contribution in [0.5, 0.6) is 5.75 Å². The van der Waals surface area contributed by atoms with Crippen molar-refractivity contribution in [3.05, 3.63) is 47.2 Å². The van der Waals surface area contributed by atoms with E-state index in [1.54, 1.807) is 16.8 Å². The van der Waals surface area contributed by atoms with Gasteiger partial charge in [-0.3, -0.25) is 9.48 Å². The van der Waals surface area contributed by atoms with Gasteiger partial charge in [0, 0.05) is 37.3 Å². The highest BCUT2D eigenvalue weighted by molar-refractivity contribution is 6.30. The summed E-state index contributed by atoms with van der Waals surface area (Å²) in [6.45, 7) is 3.83. The lowest BCUT2D eigenvalue weighted by atomic mass is 9.90. The average molecular weight is 399 g/mol. The number of ether oxygens (including phenoxy) is 1. The summed E-state index contributed by atoms with van der Waals surface area (Å²) in [6.07, 6.45) is 3.67. The maximum absolute atomic E-state index is 12.6. The largest absolute Gasteiger partial charge is 0.489 e. The van der Waals surface area contributed by atoms with Gasteiger partial charge in [0.05, 0.1) is 18.7 Å². The Morgan fingerprint density at radius 3 is 3.00 bits per heavy atom. The van der Waals surface area contributed by atoms with Crippen LogP contribution in [0.4, 0.5) is 0 Å². The van der Waals surface area contributed by atoms with Crippen molar-refractivity contribution in [2.75, 3.05) is 19.6 Å². The number of carbonyl (C=O) groups is 1. The fourth-order valence-electron chi connectivity index (χ4n) is 3.13. The molecule has 0 spiro atoms. The molecular formula is C18H24Cl2N4O2. The number of halogens is 2. The molecule has 26 heavy (non-hydrogen) atoms. The Morgan fingerprint density at radius 2 is 2.31 bits per heavy atom. The van der Waals surface area contributed by atoms with Gasteiger partial charge in [-0.25, -0.2) is 0 Å². The van der Waals surface area contributed by atoms with Gasteiger partial charge in [-0.2, -0.15) is 5.10 Å². The number of nitrogens with zero attached hydrogens (tertiary/aromatic N) is 2. The number of aromatic nitrogens is 2. The van der Waals surface area contributed by atoms with Crippen molar-refractivity contribution < 1.29 is 9.53 Å². The first-order chi connectivity index (χ1) is 12.0. The number of aryl methyl sites for hydroxylation is 1. The second-order valence-electron chi connectivity index (χ2n) is 6.45. The van der Waals surface area contributed by atoms with Gasteiger partial charge in [-0.1, -0.05) is 17.7 Å². The van der Waals surface area contributed by atoms with E-state index in [4.69, 9.17) is 16.3 Å². The van der Waals surface area contributed by atoms with Gasteiger partial charge in [0.2, 0.25) is 5.91 Å². The Morgan fingerprint density at radius 1 is 1.50 bits per heavy atom. The van der Waals surface area contributed by atoms with Crippen LogP contribution in [0.3, 0.4) is 0 Å². The van der Waals surface area contributed by atoms with Crippen LogP contribution in [0, 0.1) is 5.92 Å². The third-order valence-electron chi connectivity index (χ3n) is 4.40. The van der Waals surface area contributed by atoms with Crippen molar-refractivity contribution in [1.29, 1.82) is 0 Å². The lowest BCUT2D eigenvalue weighted by Gasteiger charge is -2.20. The van der Waals surface area contributed by atoms with E-state index in [9.17, 15) is 4.79 Å². The lowest BCUT2D eigenvalue weighted by molar-refractivity contribution is -0.125. The number of amides is 1. The Kier molecular flexibility index (Phi) is 7.32. The molecule has 1 aromatic heterocycles. The van der Waals surface area contributed by atoms with Crippen molar-refractivity contribution in [1.82, 2.24) is 20.4 Å². The monoisotopic (exact) mass is 398 g/mol. The van der Waals surface area contributed by atoms with Crippen LogP contribution in [0.15, 0.2) is 36.7 Å². The van der Waals surface area contributed by atoms with Crippen LogP contribution in [-0.4, -0.2) is 41.4 Å². The van der Waals surface area contributed by atoms with Gasteiger partial charge in [-0.05, 0) is 30.7 Å². The number of carbonyl (C=O) groups excluding carboxylic acids is 1. The van der Waals surface area contributed by atoms with E-state index < -0.39 is 0 Å². The minimum atomic E-state index is -0.145. The third-order valence-corrected chi connectivity index (χ3v) is 4.64. The highest BCUT2D eigenvalue weighted by Gasteiger charge is 2.34. The molecule has 3 atom stereocenters. The molecule has 1 aromatic carbocycles. The molecular weight excluding hydrogens is 375 g/mol. The Balaban J connectivity index is 0.00000243. The molecule has 0 saturated carbocycles. The second kappa shape index (κ2) is 9.26. The predicted molar refractivity (Wildman–Crippen MR) is 104 cm³/mol. The molecule has 2 N–H and O–H groups in total. The van der Waals surface area contributed by atoms with Crippen molar-refractivity contribution in [3.8, 4) is 5.75 Å². The van der Waals surface area contributed by atoms with Gasteiger partial charge in [-0.15, -0.1) is 12.4 Å². The number of hydrogen-bond acceptors (Lipinski definition) is 4. The number of hydrogen-bond donors (Lipinski definition) is 2. The van der Waals surface area contributed by atoms with E-state index in [1.807, 2.05) is 38.5 Å². The zero-order chi connectivity index (χ0) is 17.8. The first-order valence-electron chi connectivity index (χ1n) is 8.42. The van der Waals surface area contributed by atoms with Gasteiger partial charge >= 0.3 is 0 Å². The molecule has 1 aliphatic heterocycles. The van der Waals surface area contributed by atoms with Gasteiger partial charge in [0.1, 0.15) is 11.9 Å². The molecule has 1 fully saturated rings. The van der Waals surface area contributed by atoms with Crippen LogP contribution >= 0.6 is 24.0 Å². The Hall–Kier alpha value is -1.76. The summed E-state index contributed by atoms with van der Waals surface area (Å²) in [6, 6.07) is 7.25. The average Bonchev–Trinajstić information content (AvgIpc) is 3.21. The maximum Gasteiger partial charge on any atom is 0.225 e. The van der Waals surface area contributed by atoms with Gasteiger partial charge in [0.25, 0.3) is 0 Å². The van der Waals surface area contributed by atoms with Crippen molar-refractivity contribution in [3.63, 3.8) is 0 Å². The summed E-state index contributed by atoms with van der Waals surface area (Å²) in [5, 5.41) is 11.1. The fraction of sp³-hybridized carbons (Fsp3) is 0.444. The molecule has 2 aromatic rings. The standard InChI is InChI=1S/C18H23ClN4O2.ClH/c1-12(25-15-5-3-4-14(19)6-15)7-21-18(24)17-10-20-9-16(17)13-8-22-23(2)11-13;/h3-6,8,11-12,16-17,20H,7,9-10H2,1-2H3,(H,21,24);1H/t12?,16-,17+;/m1./s1. The van der Waals surface area contributed by atoms with Crippen molar-refractivity contribution in [2.24, 2.45) is 13.0 Å². The first-order valence-corrected chi connectivity index (χ1v) is 8.80. The molecule has 1 amide bonds. The normalized spacial score (nSPS) is 20.3. The molecule has 0 bridgehead atoms. The van der Waals surface area contributed by atoms with E-state index >= 15 is 0 Å². The summed E-state index contributed by atoms with van der Waals surface area (Å²) in [7, 11) is 1.88. The number of benzene rings is 1. The molecule has 142 valence electrons. The molecule has 2 heterocycles. The maximum atomic E-state index is 12.6. The van der Waals surface area contributed by atoms with Crippen LogP contribution < -0.4 is 15.4 Å². The van der Waals surface area contributed by atoms with E-state index in [2.05, 4.69) is 15.7 Å². The molecule has 3 rings (SSSR count). The molecule has 1 unspecified atom stereocenters. The number of rotatable bonds is 6. The quantitative estimate of drug-likeness (QED) is 0.783. The molecule has 1 saturated heterocycles. The predicted octanol–water partition coefficient (Wildman–Crippen LogP) is 2.38. The smallest absolute Gasteiger partial charge is 0.225 e. The molecule has 1 aliphatic rings. The summed E-state index contributed by atoms with van der Waals surface area (Å²) >= 11 is 5.95. The minimum Gasteiger partial charge on any atom is -0.489 e. The van der Waals surface area contributed by atoms with E-state index in [-0.39, 0.29) is 36.3 Å². The highest BCUT2D eigenvalue weighted by atomic mass is 35.5. The van der Waals surface area contributed by atoms with Crippen LogP contribution in [0.2, 0.25) is 5.02 Å². The Bertz CT molecular complexity index is 737. The third kappa shape index (κ3) is 5.13. The fourth-order valence-corrected chi connectivity index (χ4v) is 3.31. The highest BCUT2D eigenvalue weighted by Crippen LogP contribution is 2.27. The lowest BCUT2D eigenvalue weighted by Crippen LogP contribution is -2.39. The number of nitrogens with one attached hydrogen (secondary N) is 2. The summed E-state index contributed by atoms with van der Waals surface area (Å²) in [4.78, 5) is 12.6. The molecule has 8 heteroatoms. The summed E-state index contributed by atoms with van der Waals surface area (Å²) in [5.74, 6) is 0.797. The van der Waals surface area contributed by atoms with Crippen LogP contribution in [-0.2, 0) is 11.8 Å². The molecule has 0 radical (unpaired) electrons. The van der Waals surface area contributed by atoms with Gasteiger partial charge in [0.15, 0.2) is 0 Å². The van der Waals surface area contributed by atoms with Gasteiger partial charge < -0.3 is 15.4 Å². The van der Waals surface area contributed by atoms with E-state index in [0.29, 0.717) is 23.9 Å². The Labute approximate surface area is 164 Å². The second-order valence-corrected chi connectivity index (χ2v) is 6.89. The molecule has 0 aliphatic carbocycles. The van der Waals surface area contributed by atoms with Crippen molar-refractivity contribution in [2.45, 2.75) is 18.9 Å². The van der Waals surface area contributed by atoms with Crippen molar-refractivity contribution >= 4 is 29.9 Å². The zero-order valence-electron chi connectivity index (χ0n) is 14.8. The van der Waals surface area contributed by atoms with Crippen LogP contribution in [0.25, 0.3) is 0 Å². The summed E-state index contributed by atoms with van der Waals surface area (Å²) in [5.41, 5.74) is 1.09. The minimum absolute atomic E-state index is 0. The molecule has 6 nitrogen and oxygen atoms in total. The topological polar surface area (TPSA) is 68.2 Å². The zero-order valence-corrected chi connectivity index (χ0v) is 16.4. The van der Waals surface area contributed by atoms with E-state index in [0.717, 1.165) is 12.1 Å². The first kappa shape index (κ1) is 20.6. The summed E-state index contributed by atoms with van der Waals surface area (Å²) < 4.78 is 7.56. The SMILES string of the molecule is CC(CNC(=O)[C@H]1CNC[C@@H]1c1cnn(C)c1)Oc1cccc(Cl)c1.Cl. The van der Waals surface area contributed by atoms with Crippen LogP contribution in [0.1, 0.15) is 18.4 Å².